The highest BCUT2D eigenvalue weighted by atomic mass is 79.9. The van der Waals surface area contributed by atoms with Crippen molar-refractivity contribution in [3.8, 4) is 0 Å². The topological polar surface area (TPSA) is 30.7 Å². The van der Waals surface area contributed by atoms with Gasteiger partial charge in [0.25, 0.3) is 0 Å². The van der Waals surface area contributed by atoms with E-state index in [1.807, 2.05) is 30.9 Å². The van der Waals surface area contributed by atoms with E-state index in [1.54, 1.807) is 0 Å². The Morgan fingerprint density at radius 1 is 1.43 bits per heavy atom. The van der Waals surface area contributed by atoms with Crippen LogP contribution in [-0.4, -0.2) is 26.0 Å². The summed E-state index contributed by atoms with van der Waals surface area (Å²) < 4.78 is 3.26. The van der Waals surface area contributed by atoms with E-state index >= 15 is 0 Å². The largest absolute Gasteiger partial charge is 0.307 e. The Balaban J connectivity index is 2.16. The molecule has 3 atom stereocenters. The monoisotopic (exact) mass is 387 g/mol. The van der Waals surface area contributed by atoms with Gasteiger partial charge in [-0.15, -0.1) is 11.6 Å². The van der Waals surface area contributed by atoms with E-state index in [-0.39, 0.29) is 5.38 Å². The normalized spacial score (nSPS) is 24.4. The van der Waals surface area contributed by atoms with E-state index in [1.165, 1.54) is 25.7 Å². The van der Waals surface area contributed by atoms with E-state index < -0.39 is 0 Å². The fraction of sp³-hybridized carbons (Fsp3) is 0.600. The van der Waals surface area contributed by atoms with Crippen LogP contribution in [0.3, 0.4) is 0 Å². The first-order valence-electron chi connectivity index (χ1n) is 7.32. The first-order chi connectivity index (χ1) is 10.1. The predicted molar refractivity (Wildman–Crippen MR) is 94.3 cm³/mol. The maximum atomic E-state index is 6.40. The molecule has 1 aliphatic rings. The highest BCUT2D eigenvalue weighted by molar-refractivity contribution is 9.10. The second-order valence-corrected chi connectivity index (χ2v) is 8.23. The minimum absolute atomic E-state index is 0.109. The molecule has 0 amide bonds. The number of pyridine rings is 1. The van der Waals surface area contributed by atoms with Crippen molar-refractivity contribution in [1.82, 2.24) is 14.5 Å². The molecule has 2 aromatic heterocycles. The summed E-state index contributed by atoms with van der Waals surface area (Å²) >= 11 is 11.8. The van der Waals surface area contributed by atoms with Gasteiger partial charge in [0.05, 0.1) is 5.38 Å². The molecule has 2 aromatic rings. The fourth-order valence-electron chi connectivity index (χ4n) is 3.23. The molecule has 114 valence electrons. The number of nitrogens with zero attached hydrogens (tertiary/aromatic N) is 3. The number of aromatic nitrogens is 3. The molecule has 1 saturated carbocycles. The van der Waals surface area contributed by atoms with Gasteiger partial charge in [0.2, 0.25) is 0 Å². The Hall–Kier alpha value is -0.260. The number of hydrogen-bond donors (Lipinski definition) is 0. The van der Waals surface area contributed by atoms with Crippen LogP contribution in [0.25, 0.3) is 11.2 Å². The number of rotatable bonds is 3. The quantitative estimate of drug-likeness (QED) is 0.665. The van der Waals surface area contributed by atoms with Gasteiger partial charge in [0.15, 0.2) is 5.65 Å². The maximum Gasteiger partial charge on any atom is 0.160 e. The summed E-state index contributed by atoms with van der Waals surface area (Å²) in [7, 11) is 0. The van der Waals surface area contributed by atoms with Gasteiger partial charge < -0.3 is 4.57 Å². The van der Waals surface area contributed by atoms with Gasteiger partial charge in [-0.25, -0.2) is 9.97 Å². The molecular formula is C15H19BrClN3S. The number of alkyl halides is 1. The van der Waals surface area contributed by atoms with E-state index in [4.69, 9.17) is 16.6 Å². The summed E-state index contributed by atoms with van der Waals surface area (Å²) in [5, 5.41) is 0.512. The van der Waals surface area contributed by atoms with Crippen molar-refractivity contribution < 1.29 is 0 Å². The smallest absolute Gasteiger partial charge is 0.160 e. The standard InChI is InChI=1S/C15H19BrClN3S/c1-9(17)14-19-11-7-10(16)8-18-15(11)20(14)12-5-3-4-6-13(12)21-2/h7-9,12-13H,3-6H2,1-2H3. The number of thioether (sulfide) groups is 1. The first kappa shape index (κ1) is 15.6. The van der Waals surface area contributed by atoms with Crippen LogP contribution in [0, 0.1) is 0 Å². The lowest BCUT2D eigenvalue weighted by atomic mass is 9.94. The zero-order chi connectivity index (χ0) is 15.0. The SMILES string of the molecule is CSC1CCCCC1n1c(C(C)Cl)nc2cc(Br)cnc21. The van der Waals surface area contributed by atoms with Gasteiger partial charge in [-0.05, 0) is 48.0 Å². The third-order valence-corrected chi connectivity index (χ3v) is 5.97. The average Bonchev–Trinajstić information content (AvgIpc) is 2.85. The Morgan fingerprint density at radius 3 is 2.90 bits per heavy atom. The van der Waals surface area contributed by atoms with Gasteiger partial charge in [-0.3, -0.25) is 0 Å². The Bertz CT molecular complexity index is 643. The Morgan fingerprint density at radius 2 is 2.19 bits per heavy atom. The second kappa shape index (κ2) is 6.47. The molecule has 6 heteroatoms. The molecule has 0 N–H and O–H groups in total. The van der Waals surface area contributed by atoms with Gasteiger partial charge in [-0.1, -0.05) is 12.8 Å². The van der Waals surface area contributed by atoms with E-state index in [2.05, 4.69) is 31.7 Å². The third kappa shape index (κ3) is 2.97. The first-order valence-corrected chi connectivity index (χ1v) is 9.83. The molecule has 0 saturated heterocycles. The van der Waals surface area contributed by atoms with Crippen molar-refractivity contribution in [2.24, 2.45) is 0 Å². The van der Waals surface area contributed by atoms with Gasteiger partial charge >= 0.3 is 0 Å². The Labute approximate surface area is 143 Å². The number of hydrogen-bond acceptors (Lipinski definition) is 3. The molecule has 0 bridgehead atoms. The molecule has 1 fully saturated rings. The summed E-state index contributed by atoms with van der Waals surface area (Å²) in [4.78, 5) is 9.36. The van der Waals surface area contributed by atoms with Crippen LogP contribution in [-0.2, 0) is 0 Å². The van der Waals surface area contributed by atoms with E-state index in [0.717, 1.165) is 21.5 Å². The molecule has 0 aliphatic heterocycles. The van der Waals surface area contributed by atoms with Crippen molar-refractivity contribution in [3.63, 3.8) is 0 Å². The van der Waals surface area contributed by atoms with Gasteiger partial charge in [0, 0.05) is 22.0 Å². The summed E-state index contributed by atoms with van der Waals surface area (Å²) in [5.74, 6) is 0.947. The summed E-state index contributed by atoms with van der Waals surface area (Å²) in [6.45, 7) is 1.99. The summed E-state index contributed by atoms with van der Waals surface area (Å²) in [5.41, 5.74) is 1.89. The molecule has 1 aliphatic carbocycles. The lowest BCUT2D eigenvalue weighted by Crippen LogP contribution is -2.27. The lowest BCUT2D eigenvalue weighted by Gasteiger charge is -2.32. The van der Waals surface area contributed by atoms with Crippen molar-refractivity contribution in [1.29, 1.82) is 0 Å². The summed E-state index contributed by atoms with van der Waals surface area (Å²) in [6, 6.07) is 2.47. The van der Waals surface area contributed by atoms with E-state index in [0.29, 0.717) is 11.3 Å². The lowest BCUT2D eigenvalue weighted by molar-refractivity contribution is 0.362. The van der Waals surface area contributed by atoms with Crippen LogP contribution >= 0.6 is 39.3 Å². The molecule has 2 heterocycles. The Kier molecular flexibility index (Phi) is 4.81. The van der Waals surface area contributed by atoms with Crippen LogP contribution in [0.15, 0.2) is 16.7 Å². The number of imidazole rings is 1. The van der Waals surface area contributed by atoms with Gasteiger partial charge in [-0.2, -0.15) is 11.8 Å². The van der Waals surface area contributed by atoms with Gasteiger partial charge in [0.1, 0.15) is 11.3 Å². The third-order valence-electron chi connectivity index (χ3n) is 4.18. The van der Waals surface area contributed by atoms with Crippen LogP contribution < -0.4 is 0 Å². The molecule has 0 aromatic carbocycles. The molecule has 0 spiro atoms. The van der Waals surface area contributed by atoms with Crippen molar-refractivity contribution >= 4 is 50.5 Å². The molecule has 0 radical (unpaired) electrons. The van der Waals surface area contributed by atoms with Crippen LogP contribution in [0.5, 0.6) is 0 Å². The highest BCUT2D eigenvalue weighted by Gasteiger charge is 2.30. The molecule has 21 heavy (non-hydrogen) atoms. The van der Waals surface area contributed by atoms with Crippen molar-refractivity contribution in [2.45, 2.75) is 49.3 Å². The van der Waals surface area contributed by atoms with Crippen LogP contribution in [0.1, 0.15) is 49.9 Å². The van der Waals surface area contributed by atoms with Crippen LogP contribution in [0.2, 0.25) is 0 Å². The molecular weight excluding hydrogens is 370 g/mol. The zero-order valence-corrected chi connectivity index (χ0v) is 15.4. The van der Waals surface area contributed by atoms with Crippen molar-refractivity contribution in [2.75, 3.05) is 6.26 Å². The highest BCUT2D eigenvalue weighted by Crippen LogP contribution is 2.39. The fourth-order valence-corrected chi connectivity index (χ4v) is 4.68. The minimum atomic E-state index is -0.109. The predicted octanol–water partition coefficient (Wildman–Crippen LogP) is 5.34. The average molecular weight is 389 g/mol. The van der Waals surface area contributed by atoms with Crippen molar-refractivity contribution in [3.05, 3.63) is 22.6 Å². The van der Waals surface area contributed by atoms with Crippen LogP contribution in [0.4, 0.5) is 0 Å². The number of fused-ring (bicyclic) bond motifs is 1. The maximum absolute atomic E-state index is 6.40. The second-order valence-electron chi connectivity index (χ2n) is 5.58. The zero-order valence-electron chi connectivity index (χ0n) is 12.2. The summed E-state index contributed by atoms with van der Waals surface area (Å²) in [6.07, 6.45) is 9.09. The van der Waals surface area contributed by atoms with E-state index in [9.17, 15) is 0 Å². The molecule has 3 unspecified atom stereocenters. The molecule has 3 nitrogen and oxygen atoms in total. The molecule has 3 rings (SSSR count). The number of halogens is 2. The minimum Gasteiger partial charge on any atom is -0.307 e.